The van der Waals surface area contributed by atoms with E-state index >= 15 is 0 Å². The average molecular weight is 221 g/mol. The first-order valence-corrected chi connectivity index (χ1v) is 6.03. The van der Waals surface area contributed by atoms with Crippen LogP contribution < -0.4 is 0 Å². The van der Waals surface area contributed by atoms with Gasteiger partial charge in [0.1, 0.15) is 0 Å². The average Bonchev–Trinajstić information content (AvgIpc) is 2.38. The highest BCUT2D eigenvalue weighted by Crippen LogP contribution is 2.26. The lowest BCUT2D eigenvalue weighted by molar-refractivity contribution is 0.869. The lowest BCUT2D eigenvalue weighted by Gasteiger charge is -2.08. The van der Waals surface area contributed by atoms with Gasteiger partial charge < -0.3 is 0 Å². The van der Waals surface area contributed by atoms with E-state index in [4.69, 9.17) is 0 Å². The van der Waals surface area contributed by atoms with Crippen LogP contribution in [0.3, 0.4) is 0 Å². The van der Waals surface area contributed by atoms with Crippen LogP contribution in [0.15, 0.2) is 48.7 Å². The Bertz CT molecular complexity index is 683. The molecule has 1 aromatic heterocycles. The van der Waals surface area contributed by atoms with Crippen LogP contribution in [0.5, 0.6) is 0 Å². The molecular formula is C16H15N. The summed E-state index contributed by atoms with van der Waals surface area (Å²) in [7, 11) is 0. The van der Waals surface area contributed by atoms with E-state index in [9.17, 15) is 0 Å². The van der Waals surface area contributed by atoms with Gasteiger partial charge in [0.15, 0.2) is 0 Å². The number of aromatic nitrogens is 1. The van der Waals surface area contributed by atoms with Crippen molar-refractivity contribution in [1.82, 2.24) is 4.98 Å². The maximum absolute atomic E-state index is 4.51. The molecule has 0 atom stereocenters. The maximum atomic E-state index is 4.51. The van der Waals surface area contributed by atoms with Crippen LogP contribution in [0.4, 0.5) is 0 Å². The molecule has 0 fully saturated rings. The zero-order valence-electron chi connectivity index (χ0n) is 10.1. The molecule has 84 valence electrons. The van der Waals surface area contributed by atoms with E-state index in [-0.39, 0.29) is 0 Å². The molecule has 1 heterocycles. The van der Waals surface area contributed by atoms with Crippen molar-refractivity contribution in [3.05, 3.63) is 54.2 Å². The minimum Gasteiger partial charge on any atom is -0.256 e. The third kappa shape index (κ3) is 1.68. The summed E-state index contributed by atoms with van der Waals surface area (Å²) in [6.07, 6.45) is 1.98. The molecule has 0 bridgehead atoms. The molecule has 3 rings (SSSR count). The summed E-state index contributed by atoms with van der Waals surface area (Å²) in [5, 5.41) is 3.76. The van der Waals surface area contributed by atoms with Crippen LogP contribution >= 0.6 is 0 Å². The Labute approximate surface area is 101 Å². The van der Waals surface area contributed by atoms with Crippen LogP contribution in [-0.2, 0) is 0 Å². The Balaban J connectivity index is 2.37. The van der Waals surface area contributed by atoms with Gasteiger partial charge in [-0.25, -0.2) is 0 Å². The van der Waals surface area contributed by atoms with E-state index in [1.807, 2.05) is 12.3 Å². The number of fused-ring (bicyclic) bond motifs is 3. The summed E-state index contributed by atoms with van der Waals surface area (Å²) >= 11 is 0. The van der Waals surface area contributed by atoms with Crippen LogP contribution in [0.1, 0.15) is 25.3 Å². The van der Waals surface area contributed by atoms with Crippen molar-refractivity contribution >= 4 is 21.7 Å². The van der Waals surface area contributed by atoms with E-state index in [1.165, 1.54) is 21.7 Å². The topological polar surface area (TPSA) is 12.9 Å². The molecule has 0 aliphatic carbocycles. The van der Waals surface area contributed by atoms with Gasteiger partial charge in [0.25, 0.3) is 0 Å². The van der Waals surface area contributed by atoms with Gasteiger partial charge in [-0.05, 0) is 29.0 Å². The monoisotopic (exact) mass is 221 g/mol. The van der Waals surface area contributed by atoms with E-state index < -0.39 is 0 Å². The van der Waals surface area contributed by atoms with Gasteiger partial charge >= 0.3 is 0 Å². The number of hydrogen-bond donors (Lipinski definition) is 0. The summed E-state index contributed by atoms with van der Waals surface area (Å²) < 4.78 is 0. The van der Waals surface area contributed by atoms with Crippen molar-refractivity contribution in [3.8, 4) is 0 Å². The first-order valence-electron chi connectivity index (χ1n) is 6.03. The largest absolute Gasteiger partial charge is 0.256 e. The zero-order chi connectivity index (χ0) is 11.8. The van der Waals surface area contributed by atoms with Gasteiger partial charge in [0.2, 0.25) is 0 Å². The van der Waals surface area contributed by atoms with Crippen molar-refractivity contribution in [2.75, 3.05) is 0 Å². The Kier molecular flexibility index (Phi) is 2.32. The van der Waals surface area contributed by atoms with Crippen molar-refractivity contribution in [3.63, 3.8) is 0 Å². The fourth-order valence-electron chi connectivity index (χ4n) is 2.25. The molecule has 3 aromatic rings. The lowest BCUT2D eigenvalue weighted by atomic mass is 9.98. The Morgan fingerprint density at radius 1 is 0.941 bits per heavy atom. The smallest absolute Gasteiger partial charge is 0.0708 e. The molecule has 0 aliphatic rings. The Morgan fingerprint density at radius 2 is 1.76 bits per heavy atom. The number of para-hydroxylation sites is 1. The molecule has 0 N–H and O–H groups in total. The standard InChI is InChI=1S/C16H15N/c1-11(2)12-7-8-14-13(9-12)10-17-16-6-4-3-5-15(14)16/h3-11H,1-2H3. The van der Waals surface area contributed by atoms with Gasteiger partial charge in [-0.2, -0.15) is 0 Å². The zero-order valence-corrected chi connectivity index (χ0v) is 10.1. The molecule has 0 spiro atoms. The van der Waals surface area contributed by atoms with Crippen molar-refractivity contribution in [1.29, 1.82) is 0 Å². The molecule has 0 amide bonds. The van der Waals surface area contributed by atoms with Gasteiger partial charge in [0.05, 0.1) is 5.52 Å². The molecule has 1 nitrogen and oxygen atoms in total. The van der Waals surface area contributed by atoms with Gasteiger partial charge in [-0.3, -0.25) is 4.98 Å². The van der Waals surface area contributed by atoms with Gasteiger partial charge in [-0.15, -0.1) is 0 Å². The Morgan fingerprint density at radius 3 is 2.59 bits per heavy atom. The first-order chi connectivity index (χ1) is 8.25. The second-order valence-corrected chi connectivity index (χ2v) is 4.78. The minimum absolute atomic E-state index is 0.561. The van der Waals surface area contributed by atoms with Crippen LogP contribution in [0, 0.1) is 0 Å². The highest BCUT2D eigenvalue weighted by molar-refractivity contribution is 6.05. The normalized spacial score (nSPS) is 11.5. The number of nitrogens with zero attached hydrogens (tertiary/aromatic N) is 1. The number of rotatable bonds is 1. The molecule has 1 heteroatoms. The fourth-order valence-corrected chi connectivity index (χ4v) is 2.25. The van der Waals surface area contributed by atoms with Crippen molar-refractivity contribution in [2.45, 2.75) is 19.8 Å². The first kappa shape index (κ1) is 10.3. The molecule has 0 saturated heterocycles. The summed E-state index contributed by atoms with van der Waals surface area (Å²) in [4.78, 5) is 4.51. The summed E-state index contributed by atoms with van der Waals surface area (Å²) in [5.74, 6) is 0.561. The molecule has 0 saturated carbocycles. The van der Waals surface area contributed by atoms with Crippen molar-refractivity contribution in [2.24, 2.45) is 0 Å². The van der Waals surface area contributed by atoms with E-state index in [0.29, 0.717) is 5.92 Å². The quantitative estimate of drug-likeness (QED) is 0.551. The molecular weight excluding hydrogens is 206 g/mol. The molecule has 0 radical (unpaired) electrons. The van der Waals surface area contributed by atoms with Crippen LogP contribution in [0.2, 0.25) is 0 Å². The van der Waals surface area contributed by atoms with E-state index in [0.717, 1.165) is 5.52 Å². The SMILES string of the molecule is CC(C)c1ccc2c(cnc3ccccc32)c1. The third-order valence-corrected chi connectivity index (χ3v) is 3.28. The Hall–Kier alpha value is -1.89. The van der Waals surface area contributed by atoms with Gasteiger partial charge in [0, 0.05) is 17.0 Å². The van der Waals surface area contributed by atoms with E-state index in [1.54, 1.807) is 0 Å². The summed E-state index contributed by atoms with van der Waals surface area (Å²) in [5.41, 5.74) is 2.44. The summed E-state index contributed by atoms with van der Waals surface area (Å²) in [6, 6.07) is 15.0. The second-order valence-electron chi connectivity index (χ2n) is 4.78. The lowest BCUT2D eigenvalue weighted by Crippen LogP contribution is -1.88. The van der Waals surface area contributed by atoms with E-state index in [2.05, 4.69) is 55.2 Å². The van der Waals surface area contributed by atoms with Crippen LogP contribution in [0.25, 0.3) is 21.7 Å². The molecule has 17 heavy (non-hydrogen) atoms. The molecule has 0 aliphatic heterocycles. The minimum atomic E-state index is 0.561. The number of benzene rings is 2. The second kappa shape index (κ2) is 3.85. The molecule has 0 unspecified atom stereocenters. The summed E-state index contributed by atoms with van der Waals surface area (Å²) in [6.45, 7) is 4.44. The van der Waals surface area contributed by atoms with Crippen molar-refractivity contribution < 1.29 is 0 Å². The number of pyridine rings is 1. The fraction of sp³-hybridized carbons (Fsp3) is 0.188. The van der Waals surface area contributed by atoms with Crippen LogP contribution in [-0.4, -0.2) is 4.98 Å². The predicted molar refractivity (Wildman–Crippen MR) is 73.3 cm³/mol. The highest BCUT2D eigenvalue weighted by Gasteiger charge is 2.04. The van der Waals surface area contributed by atoms with Gasteiger partial charge in [-0.1, -0.05) is 44.2 Å². The third-order valence-electron chi connectivity index (χ3n) is 3.28. The maximum Gasteiger partial charge on any atom is 0.0708 e. The molecule has 2 aromatic carbocycles. The predicted octanol–water partition coefficient (Wildman–Crippen LogP) is 4.51. The number of hydrogen-bond acceptors (Lipinski definition) is 1. The highest BCUT2D eigenvalue weighted by atomic mass is 14.6.